The number of pyridine rings is 1. The number of hydrogen-bond donors (Lipinski definition) is 1. The third-order valence-electron chi connectivity index (χ3n) is 3.48. The number of aliphatic hydroxyl groups is 1. The van der Waals surface area contributed by atoms with E-state index in [4.69, 9.17) is 0 Å². The minimum absolute atomic E-state index is 0.0676. The van der Waals surface area contributed by atoms with Gasteiger partial charge in [-0.3, -0.25) is 4.98 Å². The summed E-state index contributed by atoms with van der Waals surface area (Å²) in [6.45, 7) is 0.0676. The molecule has 2 nitrogen and oxygen atoms in total. The average Bonchev–Trinajstić information content (AvgIpc) is 2.61. The molecule has 108 valence electrons. The Morgan fingerprint density at radius 1 is 0.818 bits per heavy atom. The van der Waals surface area contributed by atoms with Crippen LogP contribution in [-0.2, 0) is 6.61 Å². The molecule has 2 aromatic carbocycles. The molecule has 1 N–H and O–H groups in total. The van der Waals surface area contributed by atoms with Crippen LogP contribution in [-0.4, -0.2) is 10.1 Å². The van der Waals surface area contributed by atoms with Crippen molar-refractivity contribution in [3.8, 4) is 11.1 Å². The fourth-order valence-corrected chi connectivity index (χ4v) is 2.34. The summed E-state index contributed by atoms with van der Waals surface area (Å²) in [6.07, 6.45) is 7.78. The highest BCUT2D eigenvalue weighted by Crippen LogP contribution is 2.20. The summed E-state index contributed by atoms with van der Waals surface area (Å²) in [5.41, 5.74) is 5.40. The summed E-state index contributed by atoms with van der Waals surface area (Å²) in [5.74, 6) is 0. The van der Waals surface area contributed by atoms with Crippen LogP contribution in [0.4, 0.5) is 0 Å². The molecule has 0 aliphatic carbocycles. The van der Waals surface area contributed by atoms with E-state index in [1.807, 2.05) is 42.6 Å². The molecule has 1 aromatic heterocycles. The Labute approximate surface area is 130 Å². The Morgan fingerprint density at radius 2 is 1.55 bits per heavy atom. The normalized spacial score (nSPS) is 11.0. The maximum Gasteiger partial charge on any atom is 0.0682 e. The molecule has 2 heteroatoms. The smallest absolute Gasteiger partial charge is 0.0682 e. The molecule has 0 aliphatic heterocycles. The monoisotopic (exact) mass is 287 g/mol. The summed E-state index contributed by atoms with van der Waals surface area (Å²) in [5, 5.41) is 9.18. The van der Waals surface area contributed by atoms with Crippen molar-refractivity contribution in [1.29, 1.82) is 0 Å². The minimum Gasteiger partial charge on any atom is -0.392 e. The lowest BCUT2D eigenvalue weighted by atomic mass is 10.0. The second kappa shape index (κ2) is 6.83. The van der Waals surface area contributed by atoms with E-state index >= 15 is 0 Å². The Kier molecular flexibility index (Phi) is 4.42. The van der Waals surface area contributed by atoms with Crippen molar-refractivity contribution in [3.63, 3.8) is 0 Å². The van der Waals surface area contributed by atoms with Gasteiger partial charge < -0.3 is 5.11 Å². The van der Waals surface area contributed by atoms with Gasteiger partial charge in [-0.1, -0.05) is 54.6 Å². The molecule has 0 spiro atoms. The van der Waals surface area contributed by atoms with Crippen LogP contribution in [0.1, 0.15) is 16.7 Å². The number of benzene rings is 2. The van der Waals surface area contributed by atoms with E-state index in [1.54, 1.807) is 6.20 Å². The van der Waals surface area contributed by atoms with Gasteiger partial charge in [-0.15, -0.1) is 0 Å². The van der Waals surface area contributed by atoms with Crippen LogP contribution in [0, 0.1) is 0 Å². The predicted octanol–water partition coefficient (Wildman–Crippen LogP) is 4.41. The van der Waals surface area contributed by atoms with Crippen LogP contribution in [0.5, 0.6) is 0 Å². The SMILES string of the molecule is OCc1cccc(/C=C\c2cccc(-c3cccnc3)c2)c1. The molecular formula is C20H17NO. The van der Waals surface area contributed by atoms with E-state index in [2.05, 4.69) is 41.4 Å². The molecule has 3 aromatic rings. The van der Waals surface area contributed by atoms with Gasteiger partial charge in [-0.2, -0.15) is 0 Å². The summed E-state index contributed by atoms with van der Waals surface area (Å²) >= 11 is 0. The van der Waals surface area contributed by atoms with Gasteiger partial charge in [0.15, 0.2) is 0 Å². The van der Waals surface area contributed by atoms with Crippen LogP contribution >= 0.6 is 0 Å². The van der Waals surface area contributed by atoms with Crippen LogP contribution in [0.3, 0.4) is 0 Å². The second-order valence-corrected chi connectivity index (χ2v) is 5.10. The third-order valence-corrected chi connectivity index (χ3v) is 3.48. The van der Waals surface area contributed by atoms with E-state index in [0.29, 0.717) is 0 Å². The topological polar surface area (TPSA) is 33.1 Å². The Hall–Kier alpha value is -2.71. The maximum atomic E-state index is 9.18. The lowest BCUT2D eigenvalue weighted by Gasteiger charge is -2.02. The van der Waals surface area contributed by atoms with Gasteiger partial charge in [0.25, 0.3) is 0 Å². The lowest BCUT2D eigenvalue weighted by Crippen LogP contribution is -1.83. The van der Waals surface area contributed by atoms with Crippen molar-refractivity contribution >= 4 is 12.2 Å². The molecule has 0 atom stereocenters. The van der Waals surface area contributed by atoms with Crippen molar-refractivity contribution < 1.29 is 5.11 Å². The van der Waals surface area contributed by atoms with Crippen LogP contribution in [0.25, 0.3) is 23.3 Å². The van der Waals surface area contributed by atoms with E-state index in [1.165, 1.54) is 0 Å². The predicted molar refractivity (Wildman–Crippen MR) is 91.0 cm³/mol. The summed E-state index contributed by atoms with van der Waals surface area (Å²) in [7, 11) is 0. The molecule has 0 amide bonds. The van der Waals surface area contributed by atoms with Crippen molar-refractivity contribution in [2.75, 3.05) is 0 Å². The first-order chi connectivity index (χ1) is 10.8. The Balaban J connectivity index is 1.85. The van der Waals surface area contributed by atoms with Crippen molar-refractivity contribution in [3.05, 3.63) is 89.7 Å². The van der Waals surface area contributed by atoms with Gasteiger partial charge in [0.05, 0.1) is 6.61 Å². The molecule has 0 bridgehead atoms. The average molecular weight is 287 g/mol. The zero-order chi connectivity index (χ0) is 15.2. The Bertz CT molecular complexity index is 778. The number of hydrogen-bond acceptors (Lipinski definition) is 2. The van der Waals surface area contributed by atoms with E-state index in [9.17, 15) is 5.11 Å². The van der Waals surface area contributed by atoms with Gasteiger partial charge in [-0.05, 0) is 40.5 Å². The molecule has 1 heterocycles. The van der Waals surface area contributed by atoms with Crippen molar-refractivity contribution in [2.24, 2.45) is 0 Å². The molecule has 0 radical (unpaired) electrons. The first kappa shape index (κ1) is 14.2. The van der Waals surface area contributed by atoms with Crippen LogP contribution < -0.4 is 0 Å². The molecule has 0 fully saturated rings. The zero-order valence-corrected chi connectivity index (χ0v) is 12.2. The highest BCUT2D eigenvalue weighted by molar-refractivity contribution is 5.73. The third kappa shape index (κ3) is 3.48. The quantitative estimate of drug-likeness (QED) is 0.721. The first-order valence-corrected chi connectivity index (χ1v) is 7.23. The van der Waals surface area contributed by atoms with E-state index in [0.717, 1.165) is 27.8 Å². The number of nitrogens with zero attached hydrogens (tertiary/aromatic N) is 1. The Morgan fingerprint density at radius 3 is 2.27 bits per heavy atom. The van der Waals surface area contributed by atoms with E-state index in [-0.39, 0.29) is 6.61 Å². The van der Waals surface area contributed by atoms with E-state index < -0.39 is 0 Å². The van der Waals surface area contributed by atoms with Crippen molar-refractivity contribution in [1.82, 2.24) is 4.98 Å². The number of aromatic nitrogens is 1. The van der Waals surface area contributed by atoms with Gasteiger partial charge in [-0.25, -0.2) is 0 Å². The van der Waals surface area contributed by atoms with Gasteiger partial charge in [0.2, 0.25) is 0 Å². The van der Waals surface area contributed by atoms with Gasteiger partial charge in [0.1, 0.15) is 0 Å². The molecule has 0 aliphatic rings. The summed E-state index contributed by atoms with van der Waals surface area (Å²) in [6, 6.07) is 20.2. The highest BCUT2D eigenvalue weighted by atomic mass is 16.3. The molecule has 0 saturated heterocycles. The van der Waals surface area contributed by atoms with Crippen LogP contribution in [0.15, 0.2) is 73.1 Å². The molecule has 0 saturated carbocycles. The molecular weight excluding hydrogens is 270 g/mol. The van der Waals surface area contributed by atoms with Crippen LogP contribution in [0.2, 0.25) is 0 Å². The molecule has 3 rings (SSSR count). The van der Waals surface area contributed by atoms with Gasteiger partial charge >= 0.3 is 0 Å². The maximum absolute atomic E-state index is 9.18. The van der Waals surface area contributed by atoms with Gasteiger partial charge in [0, 0.05) is 18.0 Å². The molecule has 0 unspecified atom stereocenters. The number of aliphatic hydroxyl groups excluding tert-OH is 1. The van der Waals surface area contributed by atoms with Crippen molar-refractivity contribution in [2.45, 2.75) is 6.61 Å². The number of rotatable bonds is 4. The fourth-order valence-electron chi connectivity index (χ4n) is 2.34. The first-order valence-electron chi connectivity index (χ1n) is 7.23. The lowest BCUT2D eigenvalue weighted by molar-refractivity contribution is 0.282. The summed E-state index contributed by atoms with van der Waals surface area (Å²) < 4.78 is 0. The largest absolute Gasteiger partial charge is 0.392 e. The highest BCUT2D eigenvalue weighted by Gasteiger charge is 1.97. The minimum atomic E-state index is 0.0676. The standard InChI is InChI=1S/C20H17NO/c22-15-18-6-1-4-16(12-18)9-10-17-5-2-7-19(13-17)20-8-3-11-21-14-20/h1-14,22H,15H2/b10-9-. The fraction of sp³-hybridized carbons (Fsp3) is 0.0500. The molecule has 22 heavy (non-hydrogen) atoms. The summed E-state index contributed by atoms with van der Waals surface area (Å²) in [4.78, 5) is 4.16. The zero-order valence-electron chi connectivity index (χ0n) is 12.2. The second-order valence-electron chi connectivity index (χ2n) is 5.10.